The highest BCUT2D eigenvalue weighted by Crippen LogP contribution is 2.33. The number of benzene rings is 1. The van der Waals surface area contributed by atoms with Crippen LogP contribution in [0.5, 0.6) is 0 Å². The van der Waals surface area contributed by atoms with E-state index in [0.29, 0.717) is 11.4 Å². The molecule has 0 aliphatic carbocycles. The van der Waals surface area contributed by atoms with Gasteiger partial charge in [0.15, 0.2) is 0 Å². The first-order chi connectivity index (χ1) is 8.47. The molecule has 18 heavy (non-hydrogen) atoms. The Morgan fingerprint density at radius 1 is 1.22 bits per heavy atom. The van der Waals surface area contributed by atoms with E-state index >= 15 is 0 Å². The van der Waals surface area contributed by atoms with Gasteiger partial charge in [0, 0.05) is 6.04 Å². The van der Waals surface area contributed by atoms with E-state index in [0.717, 1.165) is 38.1 Å². The molecule has 1 saturated heterocycles. The van der Waals surface area contributed by atoms with Crippen molar-refractivity contribution < 1.29 is 13.2 Å². The Hall–Kier alpha value is -1.43. The average molecular weight is 259 g/mol. The first kappa shape index (κ1) is 13.0. The highest BCUT2D eigenvalue weighted by Gasteiger charge is 2.31. The summed E-state index contributed by atoms with van der Waals surface area (Å²) in [5, 5.41) is 6.30. The third-order valence-corrected chi connectivity index (χ3v) is 3.08. The van der Waals surface area contributed by atoms with Crippen molar-refractivity contribution >= 4 is 11.4 Å². The van der Waals surface area contributed by atoms with Crippen LogP contribution in [0, 0.1) is 0 Å². The van der Waals surface area contributed by atoms with Gasteiger partial charge in [-0.15, -0.1) is 0 Å². The summed E-state index contributed by atoms with van der Waals surface area (Å²) < 4.78 is 37.8. The third-order valence-electron chi connectivity index (χ3n) is 3.08. The van der Waals surface area contributed by atoms with Crippen LogP contribution >= 0.6 is 0 Å². The van der Waals surface area contributed by atoms with Crippen molar-refractivity contribution in [3.63, 3.8) is 0 Å². The molecule has 1 heterocycles. The first-order valence-electron chi connectivity index (χ1n) is 5.91. The number of nitrogens with one attached hydrogen (secondary N) is 2. The monoisotopic (exact) mass is 259 g/mol. The molecule has 1 fully saturated rings. The lowest BCUT2D eigenvalue weighted by atomic mass is 10.1. The van der Waals surface area contributed by atoms with Crippen LogP contribution in [-0.4, -0.2) is 19.1 Å². The van der Waals surface area contributed by atoms with Gasteiger partial charge in [0.05, 0.1) is 16.9 Å². The van der Waals surface area contributed by atoms with Gasteiger partial charge in [-0.25, -0.2) is 0 Å². The summed E-state index contributed by atoms with van der Waals surface area (Å²) >= 11 is 0. The fraction of sp³-hybridized carbons (Fsp3) is 0.500. The normalized spacial score (nSPS) is 17.7. The SMILES string of the molecule is Nc1ccc(C(F)(F)F)cc1NC1CCNCC1. The van der Waals surface area contributed by atoms with Gasteiger partial charge in [-0.2, -0.15) is 13.2 Å². The number of nitrogen functional groups attached to an aromatic ring is 1. The van der Waals surface area contributed by atoms with Crippen molar-refractivity contribution in [3.05, 3.63) is 23.8 Å². The number of piperidine rings is 1. The molecule has 3 nitrogen and oxygen atoms in total. The van der Waals surface area contributed by atoms with Crippen molar-refractivity contribution in [1.29, 1.82) is 0 Å². The fourth-order valence-corrected chi connectivity index (χ4v) is 2.04. The molecule has 1 aliphatic rings. The first-order valence-corrected chi connectivity index (χ1v) is 5.91. The number of nitrogens with two attached hydrogens (primary N) is 1. The molecule has 6 heteroatoms. The molecule has 4 N–H and O–H groups in total. The van der Waals surface area contributed by atoms with Crippen LogP contribution in [0.25, 0.3) is 0 Å². The smallest absolute Gasteiger partial charge is 0.397 e. The van der Waals surface area contributed by atoms with Gasteiger partial charge < -0.3 is 16.4 Å². The van der Waals surface area contributed by atoms with Gasteiger partial charge in [-0.1, -0.05) is 0 Å². The highest BCUT2D eigenvalue weighted by molar-refractivity contribution is 5.67. The molecule has 0 unspecified atom stereocenters. The van der Waals surface area contributed by atoms with E-state index in [1.54, 1.807) is 0 Å². The summed E-state index contributed by atoms with van der Waals surface area (Å²) in [6, 6.07) is 3.56. The number of halogens is 3. The quantitative estimate of drug-likeness (QED) is 0.715. The summed E-state index contributed by atoms with van der Waals surface area (Å²) in [5.41, 5.74) is 5.75. The molecule has 0 saturated carbocycles. The largest absolute Gasteiger partial charge is 0.416 e. The van der Waals surface area contributed by atoms with E-state index in [4.69, 9.17) is 5.73 Å². The maximum Gasteiger partial charge on any atom is 0.416 e. The number of hydrogen-bond donors (Lipinski definition) is 3. The Balaban J connectivity index is 2.15. The zero-order valence-electron chi connectivity index (χ0n) is 9.85. The van der Waals surface area contributed by atoms with Crippen LogP contribution in [-0.2, 0) is 6.18 Å². The van der Waals surface area contributed by atoms with Crippen molar-refractivity contribution in [2.45, 2.75) is 25.1 Å². The summed E-state index contributed by atoms with van der Waals surface area (Å²) in [7, 11) is 0. The predicted molar refractivity (Wildman–Crippen MR) is 65.4 cm³/mol. The molecule has 1 aliphatic heterocycles. The van der Waals surface area contributed by atoms with E-state index in [1.165, 1.54) is 6.07 Å². The van der Waals surface area contributed by atoms with Gasteiger partial charge in [-0.05, 0) is 44.1 Å². The summed E-state index contributed by atoms with van der Waals surface area (Å²) in [4.78, 5) is 0. The molecule has 0 aromatic heterocycles. The van der Waals surface area contributed by atoms with Gasteiger partial charge in [0.25, 0.3) is 0 Å². The Morgan fingerprint density at radius 2 is 1.89 bits per heavy atom. The van der Waals surface area contributed by atoms with Gasteiger partial charge in [0.1, 0.15) is 0 Å². The fourth-order valence-electron chi connectivity index (χ4n) is 2.04. The molecule has 1 aromatic carbocycles. The Labute approximate surface area is 104 Å². The van der Waals surface area contributed by atoms with E-state index in [-0.39, 0.29) is 6.04 Å². The number of rotatable bonds is 2. The van der Waals surface area contributed by atoms with E-state index in [2.05, 4.69) is 10.6 Å². The standard InChI is InChI=1S/C12H16F3N3/c13-12(14,15)8-1-2-10(16)11(7-8)18-9-3-5-17-6-4-9/h1-2,7,9,17-18H,3-6,16H2. The third kappa shape index (κ3) is 3.07. The van der Waals surface area contributed by atoms with E-state index in [1.807, 2.05) is 0 Å². The number of hydrogen-bond acceptors (Lipinski definition) is 3. The number of anilines is 2. The molecular formula is C12H16F3N3. The second kappa shape index (κ2) is 5.06. The molecule has 0 spiro atoms. The maximum absolute atomic E-state index is 12.6. The molecule has 1 aromatic rings. The molecule has 0 radical (unpaired) electrons. The molecular weight excluding hydrogens is 243 g/mol. The van der Waals surface area contributed by atoms with Crippen molar-refractivity contribution in [2.75, 3.05) is 24.1 Å². The summed E-state index contributed by atoms with van der Waals surface area (Å²) in [5.74, 6) is 0. The van der Waals surface area contributed by atoms with Crippen molar-refractivity contribution in [3.8, 4) is 0 Å². The maximum atomic E-state index is 12.6. The molecule has 0 atom stereocenters. The van der Waals surface area contributed by atoms with Crippen LogP contribution in [0.2, 0.25) is 0 Å². The second-order valence-electron chi connectivity index (χ2n) is 4.47. The predicted octanol–water partition coefficient (Wildman–Crippen LogP) is 2.45. The lowest BCUT2D eigenvalue weighted by Gasteiger charge is -2.25. The Bertz CT molecular complexity index is 412. The minimum absolute atomic E-state index is 0.178. The van der Waals surface area contributed by atoms with Gasteiger partial charge in [0.2, 0.25) is 0 Å². The number of alkyl halides is 3. The molecule has 0 amide bonds. The molecule has 100 valence electrons. The molecule has 2 rings (SSSR count). The van der Waals surface area contributed by atoms with E-state index < -0.39 is 11.7 Å². The van der Waals surface area contributed by atoms with Gasteiger partial charge >= 0.3 is 6.18 Å². The van der Waals surface area contributed by atoms with E-state index in [9.17, 15) is 13.2 Å². The van der Waals surface area contributed by atoms with Crippen LogP contribution in [0.3, 0.4) is 0 Å². The minimum atomic E-state index is -4.34. The highest BCUT2D eigenvalue weighted by atomic mass is 19.4. The second-order valence-corrected chi connectivity index (χ2v) is 4.47. The van der Waals surface area contributed by atoms with Crippen molar-refractivity contribution in [1.82, 2.24) is 5.32 Å². The topological polar surface area (TPSA) is 50.1 Å². The van der Waals surface area contributed by atoms with Crippen LogP contribution in [0.1, 0.15) is 18.4 Å². The zero-order valence-corrected chi connectivity index (χ0v) is 9.85. The van der Waals surface area contributed by atoms with Gasteiger partial charge in [-0.3, -0.25) is 0 Å². The van der Waals surface area contributed by atoms with Crippen LogP contribution in [0.4, 0.5) is 24.5 Å². The van der Waals surface area contributed by atoms with Crippen molar-refractivity contribution in [2.24, 2.45) is 0 Å². The van der Waals surface area contributed by atoms with Crippen LogP contribution in [0.15, 0.2) is 18.2 Å². The minimum Gasteiger partial charge on any atom is -0.397 e. The summed E-state index contributed by atoms with van der Waals surface area (Å²) in [6.07, 6.45) is -2.57. The lowest BCUT2D eigenvalue weighted by Crippen LogP contribution is -2.35. The van der Waals surface area contributed by atoms with Crippen LogP contribution < -0.4 is 16.4 Å². The Morgan fingerprint density at radius 3 is 2.50 bits per heavy atom. The summed E-state index contributed by atoms with van der Waals surface area (Å²) in [6.45, 7) is 1.74. The average Bonchev–Trinajstić information content (AvgIpc) is 2.32. The molecule has 0 bridgehead atoms. The lowest BCUT2D eigenvalue weighted by molar-refractivity contribution is -0.137. The zero-order chi connectivity index (χ0) is 13.2. The Kier molecular flexibility index (Phi) is 3.65.